The van der Waals surface area contributed by atoms with Crippen molar-refractivity contribution in [3.8, 4) is 11.1 Å². The molecule has 4 heteroatoms. The lowest BCUT2D eigenvalue weighted by molar-refractivity contribution is -0.121. The van der Waals surface area contributed by atoms with Gasteiger partial charge in [-0.2, -0.15) is 11.8 Å². The highest BCUT2D eigenvalue weighted by molar-refractivity contribution is 7.99. The Kier molecular flexibility index (Phi) is 5.59. The first-order valence-electron chi connectivity index (χ1n) is 8.25. The summed E-state index contributed by atoms with van der Waals surface area (Å²) in [7, 11) is 1.74. The molecule has 126 valence electrons. The lowest BCUT2D eigenvalue weighted by Crippen LogP contribution is -2.44. The number of nitrogens with one attached hydrogen (secondary N) is 1. The van der Waals surface area contributed by atoms with E-state index in [4.69, 9.17) is 4.74 Å². The average Bonchev–Trinajstić information content (AvgIpc) is 3.11. The summed E-state index contributed by atoms with van der Waals surface area (Å²) in [5.74, 6) is 2.11. The third kappa shape index (κ3) is 4.19. The molecule has 0 bridgehead atoms. The van der Waals surface area contributed by atoms with Gasteiger partial charge in [-0.05, 0) is 28.9 Å². The zero-order chi connectivity index (χ0) is 16.8. The molecule has 0 aliphatic carbocycles. The van der Waals surface area contributed by atoms with Crippen molar-refractivity contribution in [1.29, 1.82) is 0 Å². The van der Waals surface area contributed by atoms with Gasteiger partial charge in [0.05, 0.1) is 12.0 Å². The quantitative estimate of drug-likeness (QED) is 0.873. The van der Waals surface area contributed by atoms with Gasteiger partial charge in [-0.15, -0.1) is 0 Å². The SMILES string of the molecule is COC1(CNC(=O)Cc2ccc(-c3ccccc3)cc2)CCSC1. The first kappa shape index (κ1) is 17.1. The van der Waals surface area contributed by atoms with Gasteiger partial charge in [0.25, 0.3) is 0 Å². The van der Waals surface area contributed by atoms with E-state index in [9.17, 15) is 4.79 Å². The van der Waals surface area contributed by atoms with Crippen molar-refractivity contribution in [3.63, 3.8) is 0 Å². The van der Waals surface area contributed by atoms with Crippen LogP contribution < -0.4 is 5.32 Å². The Bertz CT molecular complexity index is 664. The van der Waals surface area contributed by atoms with E-state index < -0.39 is 0 Å². The lowest BCUT2D eigenvalue weighted by Gasteiger charge is -2.26. The second-order valence-corrected chi connectivity index (χ2v) is 7.31. The minimum atomic E-state index is -0.183. The number of ether oxygens (including phenoxy) is 1. The minimum Gasteiger partial charge on any atom is -0.376 e. The summed E-state index contributed by atoms with van der Waals surface area (Å²) in [5, 5.41) is 3.03. The Morgan fingerprint density at radius 2 is 1.83 bits per heavy atom. The van der Waals surface area contributed by atoms with Crippen molar-refractivity contribution in [2.24, 2.45) is 0 Å². The molecular formula is C20H23NO2S. The number of hydrogen-bond donors (Lipinski definition) is 1. The third-order valence-electron chi connectivity index (χ3n) is 4.53. The summed E-state index contributed by atoms with van der Waals surface area (Å²) in [6, 6.07) is 18.4. The maximum atomic E-state index is 12.2. The molecule has 1 atom stereocenters. The summed E-state index contributed by atoms with van der Waals surface area (Å²) in [6.07, 6.45) is 1.40. The Morgan fingerprint density at radius 1 is 1.12 bits per heavy atom. The Hall–Kier alpha value is -1.78. The van der Waals surface area contributed by atoms with E-state index in [0.29, 0.717) is 13.0 Å². The van der Waals surface area contributed by atoms with Gasteiger partial charge in [0.15, 0.2) is 0 Å². The molecule has 1 aliphatic rings. The van der Waals surface area contributed by atoms with Crippen molar-refractivity contribution in [1.82, 2.24) is 5.32 Å². The van der Waals surface area contributed by atoms with Crippen molar-refractivity contribution >= 4 is 17.7 Å². The third-order valence-corrected chi connectivity index (χ3v) is 5.76. The second-order valence-electron chi connectivity index (χ2n) is 6.21. The van der Waals surface area contributed by atoms with E-state index in [-0.39, 0.29) is 11.5 Å². The molecule has 1 amide bonds. The fourth-order valence-electron chi connectivity index (χ4n) is 2.91. The Balaban J connectivity index is 1.55. The summed E-state index contributed by atoms with van der Waals surface area (Å²) in [5.41, 5.74) is 3.20. The molecule has 1 fully saturated rings. The number of benzene rings is 2. The highest BCUT2D eigenvalue weighted by Gasteiger charge is 2.34. The first-order valence-corrected chi connectivity index (χ1v) is 9.40. The fraction of sp³-hybridized carbons (Fsp3) is 0.350. The van der Waals surface area contributed by atoms with Crippen LogP contribution >= 0.6 is 11.8 Å². The highest BCUT2D eigenvalue weighted by Crippen LogP contribution is 2.30. The summed E-state index contributed by atoms with van der Waals surface area (Å²) in [4.78, 5) is 12.2. The molecule has 1 unspecified atom stereocenters. The van der Waals surface area contributed by atoms with E-state index >= 15 is 0 Å². The van der Waals surface area contributed by atoms with Gasteiger partial charge in [0.1, 0.15) is 0 Å². The van der Waals surface area contributed by atoms with Crippen molar-refractivity contribution in [3.05, 3.63) is 60.2 Å². The van der Waals surface area contributed by atoms with Gasteiger partial charge in [-0.3, -0.25) is 4.79 Å². The molecule has 3 nitrogen and oxygen atoms in total. The lowest BCUT2D eigenvalue weighted by atomic mass is 10.0. The van der Waals surface area contributed by atoms with Gasteiger partial charge in [-0.1, -0.05) is 54.6 Å². The molecule has 3 rings (SSSR count). The van der Waals surface area contributed by atoms with Gasteiger partial charge >= 0.3 is 0 Å². The normalized spacial score (nSPS) is 20.0. The van der Waals surface area contributed by atoms with Gasteiger partial charge in [0, 0.05) is 19.4 Å². The second kappa shape index (κ2) is 7.86. The fourth-order valence-corrected chi connectivity index (χ4v) is 4.31. The Morgan fingerprint density at radius 3 is 2.46 bits per heavy atom. The number of amides is 1. The smallest absolute Gasteiger partial charge is 0.224 e. The maximum absolute atomic E-state index is 12.2. The zero-order valence-corrected chi connectivity index (χ0v) is 14.8. The highest BCUT2D eigenvalue weighted by atomic mass is 32.2. The predicted molar refractivity (Wildman–Crippen MR) is 100 cm³/mol. The van der Waals surface area contributed by atoms with Crippen LogP contribution in [0, 0.1) is 0 Å². The van der Waals surface area contributed by atoms with E-state index in [2.05, 4.69) is 29.6 Å². The Labute approximate surface area is 147 Å². The van der Waals surface area contributed by atoms with Crippen LogP contribution in [0.2, 0.25) is 0 Å². The predicted octanol–water partition coefficient (Wildman–Crippen LogP) is 3.53. The van der Waals surface area contributed by atoms with Crippen LogP contribution in [-0.4, -0.2) is 36.7 Å². The zero-order valence-electron chi connectivity index (χ0n) is 14.0. The largest absolute Gasteiger partial charge is 0.376 e. The molecule has 2 aromatic carbocycles. The number of hydrogen-bond acceptors (Lipinski definition) is 3. The molecular weight excluding hydrogens is 318 g/mol. The van der Waals surface area contributed by atoms with Crippen molar-refractivity contribution < 1.29 is 9.53 Å². The average molecular weight is 341 g/mol. The molecule has 2 aromatic rings. The van der Waals surface area contributed by atoms with Gasteiger partial charge < -0.3 is 10.1 Å². The summed E-state index contributed by atoms with van der Waals surface area (Å²) >= 11 is 1.88. The molecule has 1 aliphatic heterocycles. The van der Waals surface area contributed by atoms with Gasteiger partial charge in [-0.25, -0.2) is 0 Å². The number of carbonyl (C=O) groups is 1. The van der Waals surface area contributed by atoms with E-state index in [1.807, 2.05) is 42.1 Å². The number of carbonyl (C=O) groups excluding carboxylic acids is 1. The molecule has 0 saturated carbocycles. The first-order chi connectivity index (χ1) is 11.7. The van der Waals surface area contributed by atoms with E-state index in [0.717, 1.165) is 23.5 Å². The standard InChI is InChI=1S/C20H23NO2S/c1-23-20(11-12-24-15-20)14-21-19(22)13-16-7-9-18(10-8-16)17-5-3-2-4-6-17/h2-10H,11-15H2,1H3,(H,21,22). The molecule has 1 N–H and O–H groups in total. The summed E-state index contributed by atoms with van der Waals surface area (Å²) < 4.78 is 5.63. The van der Waals surface area contributed by atoms with Crippen LogP contribution in [0.1, 0.15) is 12.0 Å². The van der Waals surface area contributed by atoms with Gasteiger partial charge in [0.2, 0.25) is 5.91 Å². The number of thioether (sulfide) groups is 1. The van der Waals surface area contributed by atoms with Crippen molar-refractivity contribution in [2.45, 2.75) is 18.4 Å². The molecule has 1 heterocycles. The minimum absolute atomic E-state index is 0.0517. The topological polar surface area (TPSA) is 38.3 Å². The molecule has 0 spiro atoms. The van der Waals surface area contributed by atoms with Crippen LogP contribution in [-0.2, 0) is 16.0 Å². The van der Waals surface area contributed by atoms with E-state index in [1.165, 1.54) is 11.1 Å². The van der Waals surface area contributed by atoms with Crippen LogP contribution in [0.15, 0.2) is 54.6 Å². The number of rotatable bonds is 6. The summed E-state index contributed by atoms with van der Waals surface area (Å²) in [6.45, 7) is 0.595. The van der Waals surface area contributed by atoms with Crippen LogP contribution in [0.25, 0.3) is 11.1 Å². The number of methoxy groups -OCH3 is 1. The van der Waals surface area contributed by atoms with Crippen molar-refractivity contribution in [2.75, 3.05) is 25.2 Å². The van der Waals surface area contributed by atoms with Crippen LogP contribution in [0.3, 0.4) is 0 Å². The molecule has 24 heavy (non-hydrogen) atoms. The van der Waals surface area contributed by atoms with Crippen LogP contribution in [0.4, 0.5) is 0 Å². The molecule has 1 saturated heterocycles. The van der Waals surface area contributed by atoms with Crippen LogP contribution in [0.5, 0.6) is 0 Å². The molecule has 0 aromatic heterocycles. The van der Waals surface area contributed by atoms with E-state index in [1.54, 1.807) is 7.11 Å². The molecule has 0 radical (unpaired) electrons. The monoisotopic (exact) mass is 341 g/mol. The maximum Gasteiger partial charge on any atom is 0.224 e.